The quantitative estimate of drug-likeness (QED) is 0.699. The third-order valence-electron chi connectivity index (χ3n) is 1.90. The van der Waals surface area contributed by atoms with Crippen molar-refractivity contribution in [1.82, 2.24) is 10.2 Å². The monoisotopic (exact) mass is 188 g/mol. The molecule has 0 saturated heterocycles. The van der Waals surface area contributed by atoms with E-state index in [9.17, 15) is 9.90 Å². The summed E-state index contributed by atoms with van der Waals surface area (Å²) >= 11 is 0. The van der Waals surface area contributed by atoms with E-state index >= 15 is 0 Å². The highest BCUT2D eigenvalue weighted by Gasteiger charge is 2.14. The molecule has 4 nitrogen and oxygen atoms in total. The molecule has 0 atom stereocenters. The van der Waals surface area contributed by atoms with Gasteiger partial charge >= 0.3 is 0 Å². The van der Waals surface area contributed by atoms with Gasteiger partial charge in [-0.25, -0.2) is 5.10 Å². The molecule has 2 N–H and O–H groups in total. The van der Waals surface area contributed by atoms with Crippen molar-refractivity contribution < 1.29 is 9.90 Å². The normalized spacial score (nSPS) is 10.0. The summed E-state index contributed by atoms with van der Waals surface area (Å²) in [6, 6.07) is 8.74. The van der Waals surface area contributed by atoms with Crippen molar-refractivity contribution in [3.05, 3.63) is 47.7 Å². The lowest BCUT2D eigenvalue weighted by Crippen LogP contribution is -1.99. The average molecular weight is 188 g/mol. The number of hydrogen-bond donors (Lipinski definition) is 2. The van der Waals surface area contributed by atoms with Gasteiger partial charge in [0.05, 0.1) is 6.20 Å². The summed E-state index contributed by atoms with van der Waals surface area (Å²) in [5.74, 6) is -0.435. The van der Waals surface area contributed by atoms with Crippen molar-refractivity contribution in [2.75, 3.05) is 0 Å². The van der Waals surface area contributed by atoms with E-state index in [1.165, 1.54) is 6.20 Å². The summed E-state index contributed by atoms with van der Waals surface area (Å²) in [4.78, 5) is 11.7. The first kappa shape index (κ1) is 8.50. The SMILES string of the molecule is O=C(c1ccccc1)c1cn[nH]c1O. The van der Waals surface area contributed by atoms with Crippen LogP contribution in [-0.4, -0.2) is 21.1 Å². The Hall–Kier alpha value is -2.10. The Labute approximate surface area is 80.2 Å². The van der Waals surface area contributed by atoms with Gasteiger partial charge in [0.2, 0.25) is 5.88 Å². The van der Waals surface area contributed by atoms with Crippen molar-refractivity contribution in [3.8, 4) is 5.88 Å². The maximum absolute atomic E-state index is 11.7. The maximum Gasteiger partial charge on any atom is 0.218 e. The van der Waals surface area contributed by atoms with Gasteiger partial charge < -0.3 is 5.11 Å². The number of H-pyrrole nitrogens is 1. The van der Waals surface area contributed by atoms with Crippen LogP contribution in [0.3, 0.4) is 0 Å². The van der Waals surface area contributed by atoms with Gasteiger partial charge in [0.15, 0.2) is 5.78 Å². The fourth-order valence-electron chi connectivity index (χ4n) is 1.19. The highest BCUT2D eigenvalue weighted by atomic mass is 16.3. The van der Waals surface area contributed by atoms with Crippen LogP contribution >= 0.6 is 0 Å². The Morgan fingerprint density at radius 1 is 1.29 bits per heavy atom. The van der Waals surface area contributed by atoms with Gasteiger partial charge in [-0.2, -0.15) is 5.10 Å². The Morgan fingerprint density at radius 3 is 2.57 bits per heavy atom. The predicted molar refractivity (Wildman–Crippen MR) is 50.1 cm³/mol. The topological polar surface area (TPSA) is 66.0 Å². The summed E-state index contributed by atoms with van der Waals surface area (Å²) in [5.41, 5.74) is 0.723. The van der Waals surface area contributed by atoms with E-state index in [-0.39, 0.29) is 17.2 Å². The summed E-state index contributed by atoms with van der Waals surface area (Å²) in [5, 5.41) is 15.1. The fourth-order valence-corrected chi connectivity index (χ4v) is 1.19. The summed E-state index contributed by atoms with van der Waals surface area (Å²) in [6.07, 6.45) is 1.31. The number of carbonyl (C=O) groups excluding carboxylic acids is 1. The molecule has 0 aliphatic rings. The van der Waals surface area contributed by atoms with Crippen LogP contribution in [0.5, 0.6) is 5.88 Å². The molecule has 0 aliphatic heterocycles. The molecule has 0 saturated carbocycles. The number of nitrogens with one attached hydrogen (secondary N) is 1. The summed E-state index contributed by atoms with van der Waals surface area (Å²) in [7, 11) is 0. The molecule has 0 radical (unpaired) electrons. The van der Waals surface area contributed by atoms with E-state index in [1.807, 2.05) is 6.07 Å². The lowest BCUT2D eigenvalue weighted by atomic mass is 10.1. The number of carbonyl (C=O) groups is 1. The van der Waals surface area contributed by atoms with Crippen LogP contribution in [0.15, 0.2) is 36.5 Å². The number of nitrogens with zero attached hydrogens (tertiary/aromatic N) is 1. The molecule has 0 spiro atoms. The zero-order chi connectivity index (χ0) is 9.97. The predicted octanol–water partition coefficient (Wildman–Crippen LogP) is 1.35. The van der Waals surface area contributed by atoms with Crippen molar-refractivity contribution >= 4 is 5.78 Å². The molecule has 70 valence electrons. The number of aromatic nitrogens is 2. The van der Waals surface area contributed by atoms with Gasteiger partial charge in [-0.3, -0.25) is 4.79 Å². The molecule has 1 aromatic carbocycles. The molecule has 0 unspecified atom stereocenters. The van der Waals surface area contributed by atoms with Gasteiger partial charge in [-0.1, -0.05) is 30.3 Å². The van der Waals surface area contributed by atoms with Crippen molar-refractivity contribution in [1.29, 1.82) is 0 Å². The second-order valence-corrected chi connectivity index (χ2v) is 2.83. The lowest BCUT2D eigenvalue weighted by Gasteiger charge is -1.96. The first-order valence-corrected chi connectivity index (χ1v) is 4.11. The second kappa shape index (κ2) is 3.33. The first-order valence-electron chi connectivity index (χ1n) is 4.11. The summed E-state index contributed by atoms with van der Waals surface area (Å²) < 4.78 is 0. The van der Waals surface area contributed by atoms with Crippen LogP contribution in [0.25, 0.3) is 0 Å². The van der Waals surface area contributed by atoms with E-state index in [0.717, 1.165) is 0 Å². The van der Waals surface area contributed by atoms with Crippen molar-refractivity contribution in [3.63, 3.8) is 0 Å². The highest BCUT2D eigenvalue weighted by molar-refractivity contribution is 6.10. The number of aromatic hydroxyl groups is 1. The van der Waals surface area contributed by atoms with E-state index < -0.39 is 0 Å². The zero-order valence-electron chi connectivity index (χ0n) is 7.27. The van der Waals surface area contributed by atoms with Crippen LogP contribution in [0, 0.1) is 0 Å². The van der Waals surface area contributed by atoms with E-state index in [1.54, 1.807) is 24.3 Å². The minimum atomic E-state index is -0.239. The van der Waals surface area contributed by atoms with Crippen molar-refractivity contribution in [2.24, 2.45) is 0 Å². The van der Waals surface area contributed by atoms with Crippen LogP contribution in [0.2, 0.25) is 0 Å². The van der Waals surface area contributed by atoms with Crippen LogP contribution < -0.4 is 0 Å². The zero-order valence-corrected chi connectivity index (χ0v) is 7.27. The fraction of sp³-hybridized carbons (Fsp3) is 0. The molecular formula is C10H8N2O2. The van der Waals surface area contributed by atoms with Gasteiger partial charge in [0.1, 0.15) is 5.56 Å². The van der Waals surface area contributed by atoms with Crippen LogP contribution in [0.4, 0.5) is 0 Å². The number of aromatic amines is 1. The number of ketones is 1. The van der Waals surface area contributed by atoms with Gasteiger partial charge in [-0.05, 0) is 0 Å². The Morgan fingerprint density at radius 2 is 2.00 bits per heavy atom. The molecule has 1 aromatic heterocycles. The van der Waals surface area contributed by atoms with E-state index in [2.05, 4.69) is 10.2 Å². The van der Waals surface area contributed by atoms with Gasteiger partial charge in [0, 0.05) is 5.56 Å². The molecular weight excluding hydrogens is 180 g/mol. The average Bonchev–Trinajstić information content (AvgIpc) is 2.65. The standard InChI is InChI=1S/C10H8N2O2/c13-9(7-4-2-1-3-5-7)8-6-11-12-10(8)14/h1-6H,(H2,11,12,14). The Bertz CT molecular complexity index is 448. The minimum absolute atomic E-state index is 0.191. The molecule has 2 aromatic rings. The third kappa shape index (κ3) is 1.37. The van der Waals surface area contributed by atoms with Crippen LogP contribution in [-0.2, 0) is 0 Å². The maximum atomic E-state index is 11.7. The largest absolute Gasteiger partial charge is 0.493 e. The van der Waals surface area contributed by atoms with Gasteiger partial charge in [-0.15, -0.1) is 0 Å². The second-order valence-electron chi connectivity index (χ2n) is 2.83. The number of benzene rings is 1. The first-order chi connectivity index (χ1) is 6.79. The molecule has 14 heavy (non-hydrogen) atoms. The Balaban J connectivity index is 2.39. The third-order valence-corrected chi connectivity index (χ3v) is 1.90. The highest BCUT2D eigenvalue weighted by Crippen LogP contribution is 2.16. The number of rotatable bonds is 2. The van der Waals surface area contributed by atoms with E-state index in [4.69, 9.17) is 0 Å². The minimum Gasteiger partial charge on any atom is -0.493 e. The van der Waals surface area contributed by atoms with E-state index in [0.29, 0.717) is 5.56 Å². The smallest absolute Gasteiger partial charge is 0.218 e. The lowest BCUT2D eigenvalue weighted by molar-refractivity contribution is 0.103. The molecule has 0 fully saturated rings. The molecule has 0 amide bonds. The molecule has 0 aliphatic carbocycles. The molecule has 4 heteroatoms. The van der Waals surface area contributed by atoms with Gasteiger partial charge in [0.25, 0.3) is 0 Å². The summed E-state index contributed by atoms with van der Waals surface area (Å²) in [6.45, 7) is 0. The number of hydrogen-bond acceptors (Lipinski definition) is 3. The Kier molecular flexibility index (Phi) is 2.02. The van der Waals surface area contributed by atoms with Crippen LogP contribution in [0.1, 0.15) is 15.9 Å². The molecule has 1 heterocycles. The van der Waals surface area contributed by atoms with Crippen molar-refractivity contribution in [2.45, 2.75) is 0 Å². The molecule has 0 bridgehead atoms. The molecule has 2 rings (SSSR count).